The Hall–Kier alpha value is -2.89. The predicted molar refractivity (Wildman–Crippen MR) is 75.7 cm³/mol. The van der Waals surface area contributed by atoms with E-state index in [-0.39, 0.29) is 11.6 Å². The molecule has 1 aromatic carbocycles. The van der Waals surface area contributed by atoms with Gasteiger partial charge in [0.25, 0.3) is 5.91 Å². The van der Waals surface area contributed by atoms with E-state index < -0.39 is 0 Å². The third-order valence-electron chi connectivity index (χ3n) is 3.10. The summed E-state index contributed by atoms with van der Waals surface area (Å²) in [5, 5.41) is 2.78. The number of nitrogens with one attached hydrogen (secondary N) is 2. The molecule has 0 aliphatic carbocycles. The zero-order chi connectivity index (χ0) is 14.1. The number of aromatic amines is 1. The first-order valence-corrected chi connectivity index (χ1v) is 6.05. The normalized spacial score (nSPS) is 10.7. The molecule has 0 fully saturated rings. The van der Waals surface area contributed by atoms with Gasteiger partial charge in [-0.3, -0.25) is 14.3 Å². The lowest BCUT2D eigenvalue weighted by molar-refractivity contribution is 0.102. The first-order valence-electron chi connectivity index (χ1n) is 6.05. The smallest absolute Gasteiger partial charge is 0.322 e. The Labute approximate surface area is 114 Å². The van der Waals surface area contributed by atoms with Gasteiger partial charge in [-0.05, 0) is 30.3 Å². The van der Waals surface area contributed by atoms with E-state index >= 15 is 0 Å². The van der Waals surface area contributed by atoms with E-state index in [4.69, 9.17) is 0 Å². The Kier molecular flexibility index (Phi) is 2.83. The number of rotatable bonds is 2. The van der Waals surface area contributed by atoms with Crippen molar-refractivity contribution in [3.8, 4) is 0 Å². The highest BCUT2D eigenvalue weighted by molar-refractivity contribution is 6.04. The van der Waals surface area contributed by atoms with Crippen LogP contribution in [0.1, 0.15) is 10.4 Å². The van der Waals surface area contributed by atoms with Crippen molar-refractivity contribution in [1.82, 2.24) is 14.5 Å². The zero-order valence-electron chi connectivity index (χ0n) is 10.8. The molecule has 20 heavy (non-hydrogen) atoms. The standard InChI is InChI=1S/C14H12N4O2/c1-18-12-3-2-10(8-11(12)17-14(18)20)16-13(19)9-4-6-15-7-5-9/h2-8H,1H3,(H,16,19)(H,17,20). The van der Waals surface area contributed by atoms with E-state index in [2.05, 4.69) is 15.3 Å². The fraction of sp³-hybridized carbons (Fsp3) is 0.0714. The van der Waals surface area contributed by atoms with Crippen molar-refractivity contribution in [2.75, 3.05) is 5.32 Å². The molecular weight excluding hydrogens is 256 g/mol. The summed E-state index contributed by atoms with van der Waals surface area (Å²) < 4.78 is 1.52. The van der Waals surface area contributed by atoms with E-state index in [9.17, 15) is 9.59 Å². The number of anilines is 1. The van der Waals surface area contributed by atoms with Gasteiger partial charge in [0.2, 0.25) is 0 Å². The minimum absolute atomic E-state index is 0.183. The van der Waals surface area contributed by atoms with E-state index in [1.807, 2.05) is 0 Å². The lowest BCUT2D eigenvalue weighted by Gasteiger charge is -2.05. The molecular formula is C14H12N4O2. The average molecular weight is 268 g/mol. The summed E-state index contributed by atoms with van der Waals surface area (Å²) in [6.45, 7) is 0. The topological polar surface area (TPSA) is 79.8 Å². The van der Waals surface area contributed by atoms with Crippen molar-refractivity contribution in [3.63, 3.8) is 0 Å². The van der Waals surface area contributed by atoms with Gasteiger partial charge >= 0.3 is 5.69 Å². The largest absolute Gasteiger partial charge is 0.326 e. The van der Waals surface area contributed by atoms with Gasteiger partial charge in [-0.1, -0.05) is 0 Å². The van der Waals surface area contributed by atoms with Gasteiger partial charge in [0.1, 0.15) is 0 Å². The molecule has 6 heteroatoms. The van der Waals surface area contributed by atoms with Crippen LogP contribution in [0.2, 0.25) is 0 Å². The number of fused-ring (bicyclic) bond motifs is 1. The third kappa shape index (κ3) is 2.07. The van der Waals surface area contributed by atoms with Crippen LogP contribution in [0.3, 0.4) is 0 Å². The van der Waals surface area contributed by atoms with E-state index in [1.165, 1.54) is 4.57 Å². The van der Waals surface area contributed by atoms with Crippen molar-refractivity contribution in [3.05, 3.63) is 58.8 Å². The molecule has 3 aromatic rings. The third-order valence-corrected chi connectivity index (χ3v) is 3.10. The Morgan fingerprint density at radius 3 is 2.75 bits per heavy atom. The number of carbonyl (C=O) groups is 1. The molecule has 2 N–H and O–H groups in total. The van der Waals surface area contributed by atoms with Crippen LogP contribution in [0.15, 0.2) is 47.5 Å². The van der Waals surface area contributed by atoms with Crippen LogP contribution in [-0.4, -0.2) is 20.4 Å². The number of hydrogen-bond donors (Lipinski definition) is 2. The lowest BCUT2D eigenvalue weighted by atomic mass is 10.2. The fourth-order valence-electron chi connectivity index (χ4n) is 2.02. The summed E-state index contributed by atoms with van der Waals surface area (Å²) in [6.07, 6.45) is 3.12. The number of H-pyrrole nitrogens is 1. The summed E-state index contributed by atoms with van der Waals surface area (Å²) in [5.41, 5.74) is 2.45. The van der Waals surface area contributed by atoms with Crippen LogP contribution in [-0.2, 0) is 7.05 Å². The lowest BCUT2D eigenvalue weighted by Crippen LogP contribution is -2.11. The number of imidazole rings is 1. The second-order valence-electron chi connectivity index (χ2n) is 4.41. The molecule has 0 saturated carbocycles. The maximum atomic E-state index is 12.0. The molecule has 2 heterocycles. The van der Waals surface area contributed by atoms with Crippen molar-refractivity contribution in [2.45, 2.75) is 0 Å². The van der Waals surface area contributed by atoms with E-state index in [0.29, 0.717) is 16.8 Å². The summed E-state index contributed by atoms with van der Waals surface area (Å²) >= 11 is 0. The number of hydrogen-bond acceptors (Lipinski definition) is 3. The highest BCUT2D eigenvalue weighted by Gasteiger charge is 2.08. The molecule has 100 valence electrons. The highest BCUT2D eigenvalue weighted by atomic mass is 16.2. The van der Waals surface area contributed by atoms with Gasteiger partial charge in [0, 0.05) is 30.7 Å². The number of benzene rings is 1. The van der Waals surface area contributed by atoms with Gasteiger partial charge in [0.05, 0.1) is 11.0 Å². The van der Waals surface area contributed by atoms with Crippen LogP contribution >= 0.6 is 0 Å². The second-order valence-corrected chi connectivity index (χ2v) is 4.41. The first-order chi connectivity index (χ1) is 9.65. The van der Waals surface area contributed by atoms with Crippen molar-refractivity contribution < 1.29 is 4.79 Å². The molecule has 6 nitrogen and oxygen atoms in total. The first kappa shape index (κ1) is 12.2. The molecule has 0 atom stereocenters. The summed E-state index contributed by atoms with van der Waals surface area (Å²) in [7, 11) is 1.69. The van der Waals surface area contributed by atoms with Crippen LogP contribution in [0.5, 0.6) is 0 Å². The Balaban J connectivity index is 1.92. The molecule has 2 aromatic heterocycles. The predicted octanol–water partition coefficient (Wildman–Crippen LogP) is 1.51. The van der Waals surface area contributed by atoms with Crippen molar-refractivity contribution in [2.24, 2.45) is 7.05 Å². The van der Waals surface area contributed by atoms with Crippen LogP contribution in [0.25, 0.3) is 11.0 Å². The Morgan fingerprint density at radius 2 is 2.00 bits per heavy atom. The molecule has 0 aliphatic heterocycles. The van der Waals surface area contributed by atoms with Crippen LogP contribution in [0.4, 0.5) is 5.69 Å². The monoisotopic (exact) mass is 268 g/mol. The SMILES string of the molecule is Cn1c(=O)[nH]c2cc(NC(=O)c3ccncc3)ccc21. The molecule has 0 saturated heterocycles. The molecule has 0 radical (unpaired) electrons. The van der Waals surface area contributed by atoms with Gasteiger partial charge in [-0.25, -0.2) is 4.79 Å². The van der Waals surface area contributed by atoms with E-state index in [1.54, 1.807) is 49.8 Å². The van der Waals surface area contributed by atoms with Crippen molar-refractivity contribution >= 4 is 22.6 Å². The Bertz CT molecular complexity index is 833. The highest BCUT2D eigenvalue weighted by Crippen LogP contribution is 2.16. The maximum Gasteiger partial charge on any atom is 0.326 e. The molecule has 3 rings (SSSR count). The molecule has 0 unspecified atom stereocenters. The number of amides is 1. The number of aromatic nitrogens is 3. The van der Waals surface area contributed by atoms with Gasteiger partial charge in [0.15, 0.2) is 0 Å². The quantitative estimate of drug-likeness (QED) is 0.739. The number of carbonyl (C=O) groups excluding carboxylic acids is 1. The second kappa shape index (κ2) is 4.65. The summed E-state index contributed by atoms with van der Waals surface area (Å²) in [4.78, 5) is 30.1. The van der Waals surface area contributed by atoms with E-state index in [0.717, 1.165) is 5.52 Å². The zero-order valence-corrected chi connectivity index (χ0v) is 10.8. The van der Waals surface area contributed by atoms with Gasteiger partial charge < -0.3 is 10.3 Å². The average Bonchev–Trinajstić information content (AvgIpc) is 2.74. The molecule has 0 aliphatic rings. The number of pyridine rings is 1. The number of nitrogens with zero attached hydrogens (tertiary/aromatic N) is 2. The Morgan fingerprint density at radius 1 is 1.25 bits per heavy atom. The van der Waals surface area contributed by atoms with Gasteiger partial charge in [-0.2, -0.15) is 0 Å². The molecule has 0 spiro atoms. The minimum Gasteiger partial charge on any atom is -0.322 e. The summed E-state index contributed by atoms with van der Waals surface area (Å²) in [5.74, 6) is -0.218. The van der Waals surface area contributed by atoms with Crippen molar-refractivity contribution in [1.29, 1.82) is 0 Å². The molecule has 0 bridgehead atoms. The van der Waals surface area contributed by atoms with Crippen LogP contribution in [0, 0.1) is 0 Å². The molecule has 1 amide bonds. The minimum atomic E-state index is -0.218. The maximum absolute atomic E-state index is 12.0. The van der Waals surface area contributed by atoms with Gasteiger partial charge in [-0.15, -0.1) is 0 Å². The summed E-state index contributed by atoms with van der Waals surface area (Å²) in [6, 6.07) is 8.55. The van der Waals surface area contributed by atoms with Crippen LogP contribution < -0.4 is 11.0 Å². The fourth-order valence-corrected chi connectivity index (χ4v) is 2.02. The number of aryl methyl sites for hydroxylation is 1.